The first-order valence-electron chi connectivity index (χ1n) is 6.13. The number of rotatable bonds is 3. The van der Waals surface area contributed by atoms with E-state index in [1.807, 2.05) is 20.8 Å². The molecule has 2 aromatic rings. The molecular formula is C14H15N3O3. The van der Waals surface area contributed by atoms with Crippen molar-refractivity contribution >= 4 is 12.0 Å². The van der Waals surface area contributed by atoms with Crippen molar-refractivity contribution in [1.82, 2.24) is 9.78 Å². The number of aldehydes is 1. The first kappa shape index (κ1) is 13.9. The standard InChI is InChI=1S/C14H15N3O3/c1-14(2,3)13-10(9-18)8-16(15-13)11-5-4-6-12(7-11)17(19)20/h4-9H,1-3H3. The van der Waals surface area contributed by atoms with Gasteiger partial charge in [0.2, 0.25) is 0 Å². The lowest BCUT2D eigenvalue weighted by atomic mass is 9.90. The minimum absolute atomic E-state index is 0.0111. The van der Waals surface area contributed by atoms with Gasteiger partial charge < -0.3 is 0 Å². The Morgan fingerprint density at radius 2 is 2.05 bits per heavy atom. The first-order valence-corrected chi connectivity index (χ1v) is 6.13. The van der Waals surface area contributed by atoms with Crippen LogP contribution in [0, 0.1) is 10.1 Å². The van der Waals surface area contributed by atoms with Crippen LogP contribution in [0.4, 0.5) is 5.69 Å². The van der Waals surface area contributed by atoms with E-state index in [1.165, 1.54) is 16.8 Å². The lowest BCUT2D eigenvalue weighted by Gasteiger charge is -2.15. The highest BCUT2D eigenvalue weighted by Crippen LogP contribution is 2.25. The maximum Gasteiger partial charge on any atom is 0.271 e. The van der Waals surface area contributed by atoms with Gasteiger partial charge in [-0.1, -0.05) is 26.8 Å². The predicted octanol–water partition coefficient (Wildman–Crippen LogP) is 2.89. The molecule has 6 nitrogen and oxygen atoms in total. The van der Waals surface area contributed by atoms with E-state index < -0.39 is 4.92 Å². The number of hydrogen-bond donors (Lipinski definition) is 0. The predicted molar refractivity (Wildman–Crippen MR) is 74.3 cm³/mol. The van der Waals surface area contributed by atoms with Gasteiger partial charge in [-0.25, -0.2) is 4.68 Å². The fourth-order valence-electron chi connectivity index (χ4n) is 1.94. The maximum atomic E-state index is 11.1. The summed E-state index contributed by atoms with van der Waals surface area (Å²) in [5.74, 6) is 0. The van der Waals surface area contributed by atoms with Gasteiger partial charge in [0.1, 0.15) is 0 Å². The SMILES string of the molecule is CC(C)(C)c1nn(-c2cccc([N+](=O)[O-])c2)cc1C=O. The molecular weight excluding hydrogens is 258 g/mol. The van der Waals surface area contributed by atoms with Gasteiger partial charge in [-0.3, -0.25) is 14.9 Å². The summed E-state index contributed by atoms with van der Waals surface area (Å²) in [4.78, 5) is 21.5. The molecule has 0 aliphatic carbocycles. The second-order valence-corrected chi connectivity index (χ2v) is 5.52. The average Bonchev–Trinajstić information content (AvgIpc) is 2.83. The maximum absolute atomic E-state index is 11.1. The molecule has 0 saturated heterocycles. The Labute approximate surface area is 116 Å². The van der Waals surface area contributed by atoms with Crippen LogP contribution in [-0.2, 0) is 5.41 Å². The van der Waals surface area contributed by atoms with Crippen molar-refractivity contribution in [2.45, 2.75) is 26.2 Å². The second-order valence-electron chi connectivity index (χ2n) is 5.52. The fourth-order valence-corrected chi connectivity index (χ4v) is 1.94. The highest BCUT2D eigenvalue weighted by Gasteiger charge is 2.22. The molecule has 6 heteroatoms. The largest absolute Gasteiger partial charge is 0.298 e. The second kappa shape index (κ2) is 4.88. The van der Waals surface area contributed by atoms with Crippen molar-refractivity contribution in [3.63, 3.8) is 0 Å². The molecule has 104 valence electrons. The van der Waals surface area contributed by atoms with Crippen molar-refractivity contribution in [3.8, 4) is 5.69 Å². The van der Waals surface area contributed by atoms with E-state index in [0.717, 1.165) is 6.29 Å². The Morgan fingerprint density at radius 3 is 2.55 bits per heavy atom. The minimum Gasteiger partial charge on any atom is -0.298 e. The molecule has 0 aliphatic rings. The molecule has 0 atom stereocenters. The molecule has 0 bridgehead atoms. The number of nitrogens with zero attached hydrogens (tertiary/aromatic N) is 3. The Kier molecular flexibility index (Phi) is 3.40. The van der Waals surface area contributed by atoms with Crippen LogP contribution in [0.5, 0.6) is 0 Å². The molecule has 0 aliphatic heterocycles. The molecule has 1 heterocycles. The van der Waals surface area contributed by atoms with E-state index in [-0.39, 0.29) is 11.1 Å². The van der Waals surface area contributed by atoms with Gasteiger partial charge in [-0.05, 0) is 6.07 Å². The van der Waals surface area contributed by atoms with E-state index in [2.05, 4.69) is 5.10 Å². The van der Waals surface area contributed by atoms with Gasteiger partial charge >= 0.3 is 0 Å². The van der Waals surface area contributed by atoms with Crippen molar-refractivity contribution in [2.24, 2.45) is 0 Å². The van der Waals surface area contributed by atoms with Crippen LogP contribution in [0.2, 0.25) is 0 Å². The number of carbonyl (C=O) groups is 1. The van der Waals surface area contributed by atoms with Crippen LogP contribution in [-0.4, -0.2) is 21.0 Å². The van der Waals surface area contributed by atoms with Gasteiger partial charge in [0, 0.05) is 23.7 Å². The Bertz CT molecular complexity index is 669. The third-order valence-corrected chi connectivity index (χ3v) is 2.89. The summed E-state index contributed by atoms with van der Waals surface area (Å²) >= 11 is 0. The van der Waals surface area contributed by atoms with E-state index in [0.29, 0.717) is 16.9 Å². The van der Waals surface area contributed by atoms with E-state index >= 15 is 0 Å². The number of nitro groups is 1. The summed E-state index contributed by atoms with van der Waals surface area (Å²) in [5, 5.41) is 15.2. The molecule has 0 radical (unpaired) electrons. The number of benzene rings is 1. The number of carbonyl (C=O) groups excluding carboxylic acids is 1. The van der Waals surface area contributed by atoms with Crippen LogP contribution < -0.4 is 0 Å². The van der Waals surface area contributed by atoms with Crippen LogP contribution in [0.25, 0.3) is 5.69 Å². The molecule has 0 unspecified atom stereocenters. The molecule has 0 spiro atoms. The van der Waals surface area contributed by atoms with Crippen molar-refractivity contribution in [3.05, 3.63) is 51.8 Å². The van der Waals surface area contributed by atoms with E-state index in [4.69, 9.17) is 0 Å². The molecule has 0 saturated carbocycles. The smallest absolute Gasteiger partial charge is 0.271 e. The van der Waals surface area contributed by atoms with Gasteiger partial charge in [0.25, 0.3) is 5.69 Å². The third-order valence-electron chi connectivity index (χ3n) is 2.89. The van der Waals surface area contributed by atoms with Crippen LogP contribution in [0.15, 0.2) is 30.5 Å². The molecule has 0 N–H and O–H groups in total. The lowest BCUT2D eigenvalue weighted by Crippen LogP contribution is -2.14. The molecule has 0 amide bonds. The van der Waals surface area contributed by atoms with Gasteiger partial charge in [-0.2, -0.15) is 5.10 Å². The monoisotopic (exact) mass is 273 g/mol. The highest BCUT2D eigenvalue weighted by atomic mass is 16.6. The quantitative estimate of drug-likeness (QED) is 0.489. The minimum atomic E-state index is -0.460. The summed E-state index contributed by atoms with van der Waals surface area (Å²) in [6, 6.07) is 6.14. The average molecular weight is 273 g/mol. The molecule has 1 aromatic carbocycles. The summed E-state index contributed by atoms with van der Waals surface area (Å²) in [6.45, 7) is 5.88. The van der Waals surface area contributed by atoms with Gasteiger partial charge in [0.05, 0.1) is 21.9 Å². The fraction of sp³-hybridized carbons (Fsp3) is 0.286. The van der Waals surface area contributed by atoms with Crippen LogP contribution in [0.1, 0.15) is 36.8 Å². The summed E-state index contributed by atoms with van der Waals surface area (Å²) in [6.07, 6.45) is 2.34. The summed E-state index contributed by atoms with van der Waals surface area (Å²) in [7, 11) is 0. The van der Waals surface area contributed by atoms with E-state index in [1.54, 1.807) is 18.3 Å². The molecule has 20 heavy (non-hydrogen) atoms. The number of aromatic nitrogens is 2. The number of hydrogen-bond acceptors (Lipinski definition) is 4. The summed E-state index contributed by atoms with van der Waals surface area (Å²) < 4.78 is 1.50. The molecule has 0 fully saturated rings. The third kappa shape index (κ3) is 2.59. The van der Waals surface area contributed by atoms with Crippen molar-refractivity contribution < 1.29 is 9.72 Å². The van der Waals surface area contributed by atoms with Gasteiger partial charge in [0.15, 0.2) is 6.29 Å². The van der Waals surface area contributed by atoms with Crippen molar-refractivity contribution in [1.29, 1.82) is 0 Å². The Morgan fingerprint density at radius 1 is 1.35 bits per heavy atom. The Balaban J connectivity index is 2.54. The zero-order valence-electron chi connectivity index (χ0n) is 11.5. The topological polar surface area (TPSA) is 78.0 Å². The lowest BCUT2D eigenvalue weighted by molar-refractivity contribution is -0.384. The first-order chi connectivity index (χ1) is 9.32. The number of non-ortho nitro benzene ring substituents is 1. The van der Waals surface area contributed by atoms with Gasteiger partial charge in [-0.15, -0.1) is 0 Å². The number of nitro benzene ring substituents is 1. The van der Waals surface area contributed by atoms with E-state index in [9.17, 15) is 14.9 Å². The molecule has 2 rings (SSSR count). The zero-order chi connectivity index (χ0) is 14.9. The zero-order valence-corrected chi connectivity index (χ0v) is 11.5. The van der Waals surface area contributed by atoms with Crippen LogP contribution in [0.3, 0.4) is 0 Å². The molecule has 1 aromatic heterocycles. The van der Waals surface area contributed by atoms with Crippen LogP contribution >= 0.6 is 0 Å². The highest BCUT2D eigenvalue weighted by molar-refractivity contribution is 5.77. The van der Waals surface area contributed by atoms with Crippen molar-refractivity contribution in [2.75, 3.05) is 0 Å². The normalized spacial score (nSPS) is 11.3. The summed E-state index contributed by atoms with van der Waals surface area (Å²) in [5.41, 5.74) is 1.42. The Hall–Kier alpha value is -2.50.